The van der Waals surface area contributed by atoms with E-state index in [9.17, 15) is 4.79 Å². The molecule has 0 aliphatic carbocycles. The van der Waals surface area contributed by atoms with Crippen molar-refractivity contribution in [2.45, 2.75) is 6.54 Å². The fraction of sp³-hybridized carbons (Fsp3) is 0.0500. The summed E-state index contributed by atoms with van der Waals surface area (Å²) in [6, 6.07) is 18.1. The summed E-state index contributed by atoms with van der Waals surface area (Å²) in [6.45, 7) is 0.582. The molecule has 3 N–H and O–H groups in total. The minimum atomic E-state index is -0.510. The van der Waals surface area contributed by atoms with Gasteiger partial charge in [-0.2, -0.15) is 0 Å². The minimum Gasteiger partial charge on any atom is -0.380 e. The number of carbonyl (C=O) groups excluding carboxylic acids is 1. The lowest BCUT2D eigenvalue weighted by atomic mass is 10.0. The average Bonchev–Trinajstić information content (AvgIpc) is 2.65. The van der Waals surface area contributed by atoms with Crippen LogP contribution in [0.15, 0.2) is 67.1 Å². The highest BCUT2D eigenvalue weighted by Gasteiger charge is 2.14. The van der Waals surface area contributed by atoms with Gasteiger partial charge in [-0.05, 0) is 28.5 Å². The van der Waals surface area contributed by atoms with E-state index in [1.807, 2.05) is 30.3 Å². The van der Waals surface area contributed by atoms with Gasteiger partial charge in [0.25, 0.3) is 5.91 Å². The van der Waals surface area contributed by atoms with E-state index >= 15 is 0 Å². The molecule has 1 amide bonds. The van der Waals surface area contributed by atoms with Crippen LogP contribution in [0.5, 0.6) is 0 Å². The molecule has 122 valence electrons. The first-order chi connectivity index (χ1) is 12.2. The van der Waals surface area contributed by atoms with Crippen LogP contribution in [-0.4, -0.2) is 15.9 Å². The fourth-order valence-corrected chi connectivity index (χ4v) is 3.09. The molecule has 1 heterocycles. The van der Waals surface area contributed by atoms with Crippen LogP contribution in [0.1, 0.15) is 15.9 Å². The smallest absolute Gasteiger partial charge is 0.253 e. The summed E-state index contributed by atoms with van der Waals surface area (Å²) in [5, 5.41) is 6.48. The van der Waals surface area contributed by atoms with E-state index in [-0.39, 0.29) is 0 Å². The summed E-state index contributed by atoms with van der Waals surface area (Å²) < 4.78 is 0. The Morgan fingerprint density at radius 1 is 1.00 bits per heavy atom. The minimum absolute atomic E-state index is 0.389. The standard InChI is InChI=1S/C20H16N4O/c21-20(25)18-17(9-8-15-10-22-12-24-19(15)18)23-11-14-6-3-5-13-4-1-2-7-16(13)14/h1-10,12,23H,11H2,(H2,21,25). The number of benzene rings is 3. The molecule has 5 nitrogen and oxygen atoms in total. The number of rotatable bonds is 4. The summed E-state index contributed by atoms with van der Waals surface area (Å²) in [5.74, 6) is -0.510. The first kappa shape index (κ1) is 15.1. The number of fused-ring (bicyclic) bond motifs is 2. The highest BCUT2D eigenvalue weighted by molar-refractivity contribution is 6.09. The predicted octanol–water partition coefficient (Wildman–Crippen LogP) is 3.49. The van der Waals surface area contributed by atoms with Crippen molar-refractivity contribution in [1.82, 2.24) is 9.97 Å². The Morgan fingerprint density at radius 3 is 2.72 bits per heavy atom. The maximum absolute atomic E-state index is 12.0. The number of anilines is 1. The number of carbonyl (C=O) groups is 1. The third-order valence-corrected chi connectivity index (χ3v) is 4.27. The Labute approximate surface area is 144 Å². The molecular weight excluding hydrogens is 312 g/mol. The van der Waals surface area contributed by atoms with Crippen molar-refractivity contribution in [3.63, 3.8) is 0 Å². The lowest BCUT2D eigenvalue weighted by molar-refractivity contribution is 0.100. The molecule has 0 saturated heterocycles. The zero-order valence-corrected chi connectivity index (χ0v) is 13.4. The summed E-state index contributed by atoms with van der Waals surface area (Å²) in [6.07, 6.45) is 3.09. The molecule has 5 heteroatoms. The third kappa shape index (κ3) is 2.76. The van der Waals surface area contributed by atoms with Crippen LogP contribution in [0.4, 0.5) is 5.69 Å². The van der Waals surface area contributed by atoms with Gasteiger partial charge in [-0.25, -0.2) is 9.97 Å². The summed E-state index contributed by atoms with van der Waals surface area (Å²) in [7, 11) is 0. The topological polar surface area (TPSA) is 80.9 Å². The van der Waals surface area contributed by atoms with Gasteiger partial charge < -0.3 is 11.1 Å². The van der Waals surface area contributed by atoms with E-state index in [1.54, 1.807) is 6.20 Å². The van der Waals surface area contributed by atoms with Crippen LogP contribution >= 0.6 is 0 Å². The fourth-order valence-electron chi connectivity index (χ4n) is 3.09. The second-order valence-corrected chi connectivity index (χ2v) is 5.80. The molecule has 25 heavy (non-hydrogen) atoms. The van der Waals surface area contributed by atoms with Crippen molar-refractivity contribution in [2.24, 2.45) is 5.73 Å². The molecule has 0 aliphatic rings. The molecule has 0 saturated carbocycles. The molecule has 0 bridgehead atoms. The Morgan fingerprint density at radius 2 is 1.84 bits per heavy atom. The van der Waals surface area contributed by atoms with Crippen molar-refractivity contribution in [1.29, 1.82) is 0 Å². The van der Waals surface area contributed by atoms with E-state index < -0.39 is 5.91 Å². The molecule has 0 unspecified atom stereocenters. The largest absolute Gasteiger partial charge is 0.380 e. The van der Waals surface area contributed by atoms with Crippen molar-refractivity contribution in [3.8, 4) is 0 Å². The summed E-state index contributed by atoms with van der Waals surface area (Å²) in [5.41, 5.74) is 8.37. The summed E-state index contributed by atoms with van der Waals surface area (Å²) >= 11 is 0. The van der Waals surface area contributed by atoms with E-state index in [0.717, 1.165) is 10.9 Å². The van der Waals surface area contributed by atoms with Crippen LogP contribution in [-0.2, 0) is 6.54 Å². The van der Waals surface area contributed by atoms with E-state index in [2.05, 4.69) is 39.6 Å². The number of primary amides is 1. The van der Waals surface area contributed by atoms with Gasteiger partial charge in [-0.1, -0.05) is 42.5 Å². The molecular formula is C20H16N4O. The van der Waals surface area contributed by atoms with Crippen molar-refractivity contribution in [2.75, 3.05) is 5.32 Å². The normalized spacial score (nSPS) is 10.9. The van der Waals surface area contributed by atoms with Gasteiger partial charge in [-0.15, -0.1) is 0 Å². The lowest BCUT2D eigenvalue weighted by Crippen LogP contribution is -2.15. The molecule has 0 radical (unpaired) electrons. The van der Waals surface area contributed by atoms with Gasteiger partial charge in [0, 0.05) is 23.8 Å². The highest BCUT2D eigenvalue weighted by atomic mass is 16.1. The van der Waals surface area contributed by atoms with Gasteiger partial charge in [0.15, 0.2) is 0 Å². The molecule has 4 rings (SSSR count). The van der Waals surface area contributed by atoms with Gasteiger partial charge in [0.1, 0.15) is 6.33 Å². The number of nitrogens with one attached hydrogen (secondary N) is 1. The maximum atomic E-state index is 12.0. The number of nitrogens with two attached hydrogens (primary N) is 1. The van der Waals surface area contributed by atoms with Crippen LogP contribution in [0.3, 0.4) is 0 Å². The monoisotopic (exact) mass is 328 g/mol. The SMILES string of the molecule is NC(=O)c1c(NCc2cccc3ccccc23)ccc2cncnc12. The molecule has 0 aliphatic heterocycles. The Kier molecular flexibility index (Phi) is 3.74. The van der Waals surface area contributed by atoms with Gasteiger partial charge in [0.2, 0.25) is 0 Å². The van der Waals surface area contributed by atoms with Crippen LogP contribution in [0, 0.1) is 0 Å². The molecule has 0 spiro atoms. The van der Waals surface area contributed by atoms with Crippen LogP contribution in [0.25, 0.3) is 21.7 Å². The first-order valence-corrected chi connectivity index (χ1v) is 7.97. The second kappa shape index (κ2) is 6.20. The molecule has 0 fully saturated rings. The molecule has 3 aromatic carbocycles. The Balaban J connectivity index is 1.73. The molecule has 0 atom stereocenters. The predicted molar refractivity (Wildman–Crippen MR) is 99.3 cm³/mol. The van der Waals surface area contributed by atoms with E-state index in [0.29, 0.717) is 23.3 Å². The number of hydrogen-bond donors (Lipinski definition) is 2. The van der Waals surface area contributed by atoms with Gasteiger partial charge >= 0.3 is 0 Å². The van der Waals surface area contributed by atoms with Crippen LogP contribution < -0.4 is 11.1 Å². The second-order valence-electron chi connectivity index (χ2n) is 5.80. The number of hydrogen-bond acceptors (Lipinski definition) is 4. The van der Waals surface area contributed by atoms with Crippen molar-refractivity contribution in [3.05, 3.63) is 78.2 Å². The maximum Gasteiger partial charge on any atom is 0.253 e. The zero-order valence-electron chi connectivity index (χ0n) is 13.4. The third-order valence-electron chi connectivity index (χ3n) is 4.27. The molecule has 4 aromatic rings. The zero-order chi connectivity index (χ0) is 17.2. The lowest BCUT2D eigenvalue weighted by Gasteiger charge is -2.13. The average molecular weight is 328 g/mol. The van der Waals surface area contributed by atoms with Crippen molar-refractivity contribution < 1.29 is 4.79 Å². The summed E-state index contributed by atoms with van der Waals surface area (Å²) in [4.78, 5) is 20.2. The highest BCUT2D eigenvalue weighted by Crippen LogP contribution is 2.25. The van der Waals surface area contributed by atoms with E-state index in [4.69, 9.17) is 5.73 Å². The van der Waals surface area contributed by atoms with Gasteiger partial charge in [0.05, 0.1) is 11.1 Å². The van der Waals surface area contributed by atoms with Crippen molar-refractivity contribution >= 4 is 33.3 Å². The molecule has 1 aromatic heterocycles. The van der Waals surface area contributed by atoms with Gasteiger partial charge in [-0.3, -0.25) is 4.79 Å². The number of aromatic nitrogens is 2. The Hall–Kier alpha value is -3.47. The quantitative estimate of drug-likeness (QED) is 0.601. The van der Waals surface area contributed by atoms with Crippen LogP contribution in [0.2, 0.25) is 0 Å². The number of nitrogens with zero attached hydrogens (tertiary/aromatic N) is 2. The number of amides is 1. The first-order valence-electron chi connectivity index (χ1n) is 7.97. The Bertz CT molecular complexity index is 1090. The van der Waals surface area contributed by atoms with E-state index in [1.165, 1.54) is 17.1 Å².